The van der Waals surface area contributed by atoms with Gasteiger partial charge in [0.15, 0.2) is 0 Å². The van der Waals surface area contributed by atoms with Gasteiger partial charge in [0.25, 0.3) is 0 Å². The molecule has 0 saturated carbocycles. The first-order valence-corrected chi connectivity index (χ1v) is 9.73. The van der Waals surface area contributed by atoms with Crippen molar-refractivity contribution in [2.24, 2.45) is 0 Å². The fourth-order valence-electron chi connectivity index (χ4n) is 2.82. The quantitative estimate of drug-likeness (QED) is 0.175. The summed E-state index contributed by atoms with van der Waals surface area (Å²) in [4.78, 5) is 12.3. The van der Waals surface area contributed by atoms with E-state index in [-0.39, 0.29) is 5.57 Å². The topological polar surface area (TPSA) is 59.3 Å². The van der Waals surface area contributed by atoms with Crippen molar-refractivity contribution in [2.75, 3.05) is 7.11 Å². The first-order chi connectivity index (χ1) is 13.7. The molecule has 146 valence electrons. The van der Waals surface area contributed by atoms with Gasteiger partial charge in [-0.3, -0.25) is 0 Å². The minimum absolute atomic E-state index is 0.0508. The van der Waals surface area contributed by atoms with E-state index in [0.717, 1.165) is 12.0 Å². The largest absolute Gasteiger partial charge is 0.497 e. The molecule has 0 radical (unpaired) electrons. The van der Waals surface area contributed by atoms with Crippen molar-refractivity contribution < 1.29 is 14.3 Å². The Balaban J connectivity index is 1.92. The van der Waals surface area contributed by atoms with Crippen molar-refractivity contribution in [1.82, 2.24) is 0 Å². The summed E-state index contributed by atoms with van der Waals surface area (Å²) >= 11 is 0. The Hall–Kier alpha value is -3.06. The van der Waals surface area contributed by atoms with Gasteiger partial charge in [-0.2, -0.15) is 5.26 Å². The smallest absolute Gasteiger partial charge is 0.354 e. The van der Waals surface area contributed by atoms with Crippen LogP contribution in [0.1, 0.15) is 50.2 Å². The molecule has 4 nitrogen and oxygen atoms in total. The van der Waals surface area contributed by atoms with Gasteiger partial charge in [0.05, 0.1) is 7.11 Å². The summed E-state index contributed by atoms with van der Waals surface area (Å²) in [5.41, 5.74) is 1.91. The standard InChI is InChI=1S/C24H27NO3/c1-3-4-5-6-7-8-19-9-15-23(16-10-19)28-24(26)21(18-25)17-20-11-13-22(27-2)14-12-20/h9-17H,3-8H2,1-2H3. The number of benzene rings is 2. The second kappa shape index (κ2) is 11.6. The number of carbonyl (C=O) groups is 1. The zero-order valence-electron chi connectivity index (χ0n) is 16.6. The third-order valence-corrected chi connectivity index (χ3v) is 4.47. The van der Waals surface area contributed by atoms with E-state index in [4.69, 9.17) is 9.47 Å². The number of methoxy groups -OCH3 is 1. The van der Waals surface area contributed by atoms with Crippen LogP contribution in [0.15, 0.2) is 54.1 Å². The van der Waals surface area contributed by atoms with E-state index < -0.39 is 5.97 Å². The molecular formula is C24H27NO3. The van der Waals surface area contributed by atoms with Crippen molar-refractivity contribution in [3.05, 3.63) is 65.2 Å². The van der Waals surface area contributed by atoms with Crippen LogP contribution in [0.2, 0.25) is 0 Å². The van der Waals surface area contributed by atoms with Gasteiger partial charge in [-0.15, -0.1) is 0 Å². The highest BCUT2D eigenvalue weighted by Gasteiger charge is 2.12. The molecule has 0 aliphatic rings. The third-order valence-electron chi connectivity index (χ3n) is 4.47. The fraction of sp³-hybridized carbons (Fsp3) is 0.333. The average Bonchev–Trinajstić information content (AvgIpc) is 2.73. The highest BCUT2D eigenvalue weighted by Crippen LogP contribution is 2.18. The Kier molecular flexibility index (Phi) is 8.81. The van der Waals surface area contributed by atoms with Crippen LogP contribution in [0.25, 0.3) is 6.08 Å². The van der Waals surface area contributed by atoms with Gasteiger partial charge < -0.3 is 9.47 Å². The minimum atomic E-state index is -0.661. The number of nitriles is 1. The van der Waals surface area contributed by atoms with Crippen LogP contribution in [-0.2, 0) is 11.2 Å². The number of carbonyl (C=O) groups excluding carboxylic acids is 1. The molecule has 0 spiro atoms. The lowest BCUT2D eigenvalue weighted by atomic mass is 10.1. The molecule has 2 aromatic carbocycles. The molecule has 0 atom stereocenters. The predicted molar refractivity (Wildman–Crippen MR) is 111 cm³/mol. The van der Waals surface area contributed by atoms with E-state index >= 15 is 0 Å². The first-order valence-electron chi connectivity index (χ1n) is 9.73. The van der Waals surface area contributed by atoms with Crippen molar-refractivity contribution >= 4 is 12.0 Å². The van der Waals surface area contributed by atoms with E-state index in [9.17, 15) is 10.1 Å². The number of esters is 1. The number of rotatable bonds is 10. The molecule has 0 heterocycles. The number of aryl methyl sites for hydroxylation is 1. The number of nitrogens with zero attached hydrogens (tertiary/aromatic N) is 1. The summed E-state index contributed by atoms with van der Waals surface area (Å²) in [6.07, 6.45) is 8.77. The Labute approximate surface area is 167 Å². The zero-order chi connectivity index (χ0) is 20.2. The molecule has 0 fully saturated rings. The molecule has 4 heteroatoms. The number of ether oxygens (including phenoxy) is 2. The van der Waals surface area contributed by atoms with Gasteiger partial charge in [0.2, 0.25) is 0 Å². The monoisotopic (exact) mass is 377 g/mol. The van der Waals surface area contributed by atoms with E-state index in [2.05, 4.69) is 6.92 Å². The van der Waals surface area contributed by atoms with Crippen LogP contribution < -0.4 is 9.47 Å². The second-order valence-corrected chi connectivity index (χ2v) is 6.64. The lowest BCUT2D eigenvalue weighted by Crippen LogP contribution is -2.10. The zero-order valence-corrected chi connectivity index (χ0v) is 16.6. The van der Waals surface area contributed by atoms with Gasteiger partial charge in [-0.25, -0.2) is 4.79 Å². The fourth-order valence-corrected chi connectivity index (χ4v) is 2.82. The Morgan fingerprint density at radius 1 is 0.964 bits per heavy atom. The maximum atomic E-state index is 12.3. The number of hydrogen-bond donors (Lipinski definition) is 0. The second-order valence-electron chi connectivity index (χ2n) is 6.64. The third kappa shape index (κ3) is 6.92. The van der Waals surface area contributed by atoms with E-state index in [1.165, 1.54) is 43.7 Å². The maximum absolute atomic E-state index is 12.3. The molecule has 0 aromatic heterocycles. The van der Waals surface area contributed by atoms with Crippen LogP contribution >= 0.6 is 0 Å². The molecule has 2 aromatic rings. The molecule has 0 N–H and O–H groups in total. The van der Waals surface area contributed by atoms with Crippen LogP contribution in [0.5, 0.6) is 11.5 Å². The Bertz CT molecular complexity index is 814. The molecule has 0 aliphatic carbocycles. The summed E-state index contributed by atoms with van der Waals surface area (Å²) in [5, 5.41) is 9.30. The molecule has 0 unspecified atom stereocenters. The van der Waals surface area contributed by atoms with Crippen LogP contribution in [0.3, 0.4) is 0 Å². The van der Waals surface area contributed by atoms with Gasteiger partial charge in [0.1, 0.15) is 23.1 Å². The summed E-state index contributed by atoms with van der Waals surface area (Å²) in [6, 6.07) is 16.5. The number of hydrogen-bond acceptors (Lipinski definition) is 4. The predicted octanol–water partition coefficient (Wildman–Crippen LogP) is 5.72. The van der Waals surface area contributed by atoms with Crippen molar-refractivity contribution in [3.63, 3.8) is 0 Å². The molecule has 0 bridgehead atoms. The van der Waals surface area contributed by atoms with Gasteiger partial charge in [-0.05, 0) is 54.3 Å². The molecule has 0 saturated heterocycles. The molecular weight excluding hydrogens is 350 g/mol. The van der Waals surface area contributed by atoms with E-state index in [0.29, 0.717) is 11.5 Å². The van der Waals surface area contributed by atoms with Gasteiger partial charge >= 0.3 is 5.97 Å². The highest BCUT2D eigenvalue weighted by atomic mass is 16.5. The summed E-state index contributed by atoms with van der Waals surface area (Å²) < 4.78 is 10.4. The first kappa shape index (κ1) is 21.2. The summed E-state index contributed by atoms with van der Waals surface area (Å²) in [7, 11) is 1.58. The highest BCUT2D eigenvalue weighted by molar-refractivity contribution is 5.99. The molecule has 28 heavy (non-hydrogen) atoms. The average molecular weight is 377 g/mol. The SMILES string of the molecule is CCCCCCCc1ccc(OC(=O)C(C#N)=Cc2ccc(OC)cc2)cc1. The molecule has 2 rings (SSSR count). The van der Waals surface area contributed by atoms with Crippen LogP contribution in [0.4, 0.5) is 0 Å². The Morgan fingerprint density at radius 2 is 1.61 bits per heavy atom. The van der Waals surface area contributed by atoms with Crippen LogP contribution in [-0.4, -0.2) is 13.1 Å². The summed E-state index contributed by atoms with van der Waals surface area (Å²) in [6.45, 7) is 2.21. The lowest BCUT2D eigenvalue weighted by molar-refractivity contribution is -0.129. The normalized spacial score (nSPS) is 11.0. The Morgan fingerprint density at radius 3 is 2.21 bits per heavy atom. The minimum Gasteiger partial charge on any atom is -0.497 e. The van der Waals surface area contributed by atoms with E-state index in [1.807, 2.05) is 18.2 Å². The van der Waals surface area contributed by atoms with Crippen LogP contribution in [0, 0.1) is 11.3 Å². The van der Waals surface area contributed by atoms with Crippen molar-refractivity contribution in [2.45, 2.75) is 45.4 Å². The number of unbranched alkanes of at least 4 members (excludes halogenated alkanes) is 4. The van der Waals surface area contributed by atoms with Gasteiger partial charge in [0, 0.05) is 0 Å². The van der Waals surface area contributed by atoms with E-state index in [1.54, 1.807) is 43.5 Å². The molecule has 0 amide bonds. The lowest BCUT2D eigenvalue weighted by Gasteiger charge is -2.06. The van der Waals surface area contributed by atoms with Crippen molar-refractivity contribution in [3.8, 4) is 17.6 Å². The maximum Gasteiger partial charge on any atom is 0.354 e. The molecule has 0 aliphatic heterocycles. The van der Waals surface area contributed by atoms with Crippen molar-refractivity contribution in [1.29, 1.82) is 5.26 Å². The summed E-state index contributed by atoms with van der Waals surface area (Å²) in [5.74, 6) is 0.491. The van der Waals surface area contributed by atoms with Gasteiger partial charge in [-0.1, -0.05) is 56.9 Å².